The number of hydrogen-bond donors (Lipinski definition) is 1. The van der Waals surface area contributed by atoms with Gasteiger partial charge in [0.15, 0.2) is 0 Å². The lowest BCUT2D eigenvalue weighted by molar-refractivity contribution is -0.118. The zero-order valence-corrected chi connectivity index (χ0v) is 9.21. The Kier molecular flexibility index (Phi) is 3.04. The van der Waals surface area contributed by atoms with Crippen LogP contribution in [-0.2, 0) is 4.79 Å². The highest BCUT2D eigenvalue weighted by Gasteiger charge is 2.25. The van der Waals surface area contributed by atoms with E-state index in [1.54, 1.807) is 31.4 Å². The van der Waals surface area contributed by atoms with E-state index < -0.39 is 6.03 Å². The van der Waals surface area contributed by atoms with E-state index in [1.165, 1.54) is 6.21 Å². The summed E-state index contributed by atoms with van der Waals surface area (Å²) in [5.74, 6) is 0.401. The number of hydrogen-bond acceptors (Lipinski definition) is 4. The molecule has 0 aliphatic carbocycles. The van der Waals surface area contributed by atoms with Crippen LogP contribution in [0.2, 0.25) is 0 Å². The SMILES string of the molecule is COc1ccc(/C=N\N2CC(=O)NC2=O)cc1. The predicted octanol–water partition coefficient (Wildman–Crippen LogP) is 0.581. The van der Waals surface area contributed by atoms with Crippen molar-refractivity contribution in [3.05, 3.63) is 29.8 Å². The third-order valence-corrected chi connectivity index (χ3v) is 2.24. The molecule has 0 radical (unpaired) electrons. The smallest absolute Gasteiger partial charge is 0.344 e. The average molecular weight is 233 g/mol. The van der Waals surface area contributed by atoms with Crippen LogP contribution in [-0.4, -0.2) is 36.8 Å². The van der Waals surface area contributed by atoms with Gasteiger partial charge in [-0.2, -0.15) is 5.10 Å². The second-order valence-electron chi connectivity index (χ2n) is 3.43. The van der Waals surface area contributed by atoms with E-state index in [0.717, 1.165) is 16.3 Å². The number of benzene rings is 1. The number of hydrazone groups is 1. The molecule has 1 aromatic carbocycles. The van der Waals surface area contributed by atoms with Gasteiger partial charge in [-0.15, -0.1) is 0 Å². The maximum absolute atomic E-state index is 11.2. The lowest BCUT2D eigenvalue weighted by Gasteiger charge is -2.04. The van der Waals surface area contributed by atoms with Gasteiger partial charge >= 0.3 is 6.03 Å². The summed E-state index contributed by atoms with van der Waals surface area (Å²) in [5, 5.41) is 7.13. The third kappa shape index (κ3) is 2.60. The van der Waals surface area contributed by atoms with Crippen LogP contribution in [0, 0.1) is 0 Å². The summed E-state index contributed by atoms with van der Waals surface area (Å²) in [4.78, 5) is 22.1. The Bertz CT molecular complexity index is 467. The molecule has 1 N–H and O–H groups in total. The molecule has 1 aliphatic rings. The number of amides is 3. The fourth-order valence-electron chi connectivity index (χ4n) is 1.35. The zero-order chi connectivity index (χ0) is 12.3. The molecule has 0 saturated carbocycles. The second kappa shape index (κ2) is 4.65. The second-order valence-corrected chi connectivity index (χ2v) is 3.43. The molecule has 17 heavy (non-hydrogen) atoms. The van der Waals surface area contributed by atoms with Crippen LogP contribution in [0.5, 0.6) is 5.75 Å². The van der Waals surface area contributed by atoms with E-state index in [4.69, 9.17) is 4.74 Å². The molecule has 0 spiro atoms. The van der Waals surface area contributed by atoms with Gasteiger partial charge in [0.1, 0.15) is 12.3 Å². The molecule has 88 valence electrons. The minimum atomic E-state index is -0.500. The molecule has 1 heterocycles. The normalized spacial score (nSPS) is 15.5. The Balaban J connectivity index is 2.04. The Morgan fingerprint density at radius 3 is 2.59 bits per heavy atom. The van der Waals surface area contributed by atoms with Crippen molar-refractivity contribution in [3.8, 4) is 5.75 Å². The van der Waals surface area contributed by atoms with Crippen LogP contribution in [0.4, 0.5) is 4.79 Å². The molecule has 0 atom stereocenters. The summed E-state index contributed by atoms with van der Waals surface area (Å²) in [6.07, 6.45) is 1.51. The molecule has 6 heteroatoms. The minimum Gasteiger partial charge on any atom is -0.497 e. The lowest BCUT2D eigenvalue weighted by atomic mass is 10.2. The molecule has 1 saturated heterocycles. The predicted molar refractivity (Wildman–Crippen MR) is 60.8 cm³/mol. The molecular weight excluding hydrogens is 222 g/mol. The molecule has 0 aromatic heterocycles. The maximum atomic E-state index is 11.2. The number of methoxy groups -OCH3 is 1. The van der Waals surface area contributed by atoms with Gasteiger partial charge in [-0.05, 0) is 29.8 Å². The van der Waals surface area contributed by atoms with Gasteiger partial charge in [0.25, 0.3) is 0 Å². The molecule has 1 fully saturated rings. The van der Waals surface area contributed by atoms with E-state index in [-0.39, 0.29) is 12.5 Å². The number of ether oxygens (including phenoxy) is 1. The largest absolute Gasteiger partial charge is 0.497 e. The highest BCUT2D eigenvalue weighted by molar-refractivity contribution is 6.02. The molecule has 1 aromatic rings. The van der Waals surface area contributed by atoms with Crippen molar-refractivity contribution in [1.29, 1.82) is 0 Å². The highest BCUT2D eigenvalue weighted by Crippen LogP contribution is 2.10. The van der Waals surface area contributed by atoms with Crippen LogP contribution < -0.4 is 10.1 Å². The summed E-state index contributed by atoms with van der Waals surface area (Å²) < 4.78 is 5.01. The van der Waals surface area contributed by atoms with Gasteiger partial charge in [0.05, 0.1) is 13.3 Å². The number of carbonyl (C=O) groups excluding carboxylic acids is 2. The summed E-state index contributed by atoms with van der Waals surface area (Å²) in [5.41, 5.74) is 0.818. The molecule has 0 bridgehead atoms. The average Bonchev–Trinajstić information content (AvgIpc) is 2.66. The topological polar surface area (TPSA) is 71.0 Å². The quantitative estimate of drug-likeness (QED) is 0.613. The van der Waals surface area contributed by atoms with Crippen LogP contribution in [0.1, 0.15) is 5.56 Å². The number of imide groups is 1. The van der Waals surface area contributed by atoms with Gasteiger partial charge in [-0.3, -0.25) is 10.1 Å². The van der Waals surface area contributed by atoms with Crippen molar-refractivity contribution < 1.29 is 14.3 Å². The van der Waals surface area contributed by atoms with Gasteiger partial charge in [0, 0.05) is 0 Å². The van der Waals surface area contributed by atoms with Crippen molar-refractivity contribution in [2.24, 2.45) is 5.10 Å². The van der Waals surface area contributed by atoms with Crippen LogP contribution in [0.15, 0.2) is 29.4 Å². The Morgan fingerprint density at radius 2 is 2.06 bits per heavy atom. The summed E-state index contributed by atoms with van der Waals surface area (Å²) in [6.45, 7) is -0.0362. The Morgan fingerprint density at radius 1 is 1.35 bits per heavy atom. The third-order valence-electron chi connectivity index (χ3n) is 2.24. The molecule has 0 unspecified atom stereocenters. The van der Waals surface area contributed by atoms with Gasteiger partial charge in [-0.1, -0.05) is 0 Å². The number of nitrogens with one attached hydrogen (secondary N) is 1. The Hall–Kier alpha value is -2.37. The lowest BCUT2D eigenvalue weighted by Crippen LogP contribution is -2.24. The van der Waals surface area contributed by atoms with E-state index >= 15 is 0 Å². The van der Waals surface area contributed by atoms with Gasteiger partial charge in [-0.25, -0.2) is 9.80 Å². The summed E-state index contributed by atoms with van der Waals surface area (Å²) in [6, 6.07) is 6.68. The monoisotopic (exact) mass is 233 g/mol. The van der Waals surface area contributed by atoms with Crippen molar-refractivity contribution in [2.75, 3.05) is 13.7 Å². The first-order valence-corrected chi connectivity index (χ1v) is 4.98. The number of carbonyl (C=O) groups is 2. The van der Waals surface area contributed by atoms with E-state index in [1.807, 2.05) is 0 Å². The fourth-order valence-corrected chi connectivity index (χ4v) is 1.35. The number of urea groups is 1. The summed E-state index contributed by atoms with van der Waals surface area (Å²) >= 11 is 0. The number of nitrogens with zero attached hydrogens (tertiary/aromatic N) is 2. The molecule has 6 nitrogen and oxygen atoms in total. The van der Waals surface area contributed by atoms with E-state index in [9.17, 15) is 9.59 Å². The summed E-state index contributed by atoms with van der Waals surface area (Å²) in [7, 11) is 1.59. The Labute approximate surface area is 97.9 Å². The first kappa shape index (κ1) is 11.1. The number of rotatable bonds is 3. The van der Waals surface area contributed by atoms with Crippen molar-refractivity contribution in [1.82, 2.24) is 10.3 Å². The molecule has 1 aliphatic heterocycles. The maximum Gasteiger partial charge on any atom is 0.344 e. The van der Waals surface area contributed by atoms with Crippen molar-refractivity contribution in [3.63, 3.8) is 0 Å². The molecule has 3 amide bonds. The molecule has 2 rings (SSSR count). The first-order chi connectivity index (χ1) is 8.19. The fraction of sp³-hybridized carbons (Fsp3) is 0.182. The van der Waals surface area contributed by atoms with E-state index in [2.05, 4.69) is 10.4 Å². The zero-order valence-electron chi connectivity index (χ0n) is 9.21. The molecular formula is C11H11N3O3. The van der Waals surface area contributed by atoms with Crippen LogP contribution in [0.3, 0.4) is 0 Å². The standard InChI is InChI=1S/C11H11N3O3/c1-17-9-4-2-8(3-5-9)6-12-14-7-10(15)13-11(14)16/h2-6H,7H2,1H3,(H,13,15,16)/b12-6-. The minimum absolute atomic E-state index is 0.0362. The van der Waals surface area contributed by atoms with E-state index in [0.29, 0.717) is 0 Å². The van der Waals surface area contributed by atoms with Crippen molar-refractivity contribution >= 4 is 18.2 Å². The van der Waals surface area contributed by atoms with Crippen LogP contribution >= 0.6 is 0 Å². The highest BCUT2D eigenvalue weighted by atomic mass is 16.5. The van der Waals surface area contributed by atoms with Gasteiger partial charge < -0.3 is 4.74 Å². The first-order valence-electron chi connectivity index (χ1n) is 4.98. The van der Waals surface area contributed by atoms with Gasteiger partial charge in [0.2, 0.25) is 5.91 Å². The van der Waals surface area contributed by atoms with Crippen molar-refractivity contribution in [2.45, 2.75) is 0 Å². The van der Waals surface area contributed by atoms with Crippen LogP contribution in [0.25, 0.3) is 0 Å².